The Balaban J connectivity index is 2.60. The van der Waals surface area contributed by atoms with E-state index in [1.54, 1.807) is 0 Å². The lowest BCUT2D eigenvalue weighted by atomic mass is 9.84. The Morgan fingerprint density at radius 1 is 1.27 bits per heavy atom. The van der Waals surface area contributed by atoms with Crippen LogP contribution >= 0.6 is 0 Å². The SMILES string of the molecule is CC1C(=O)Oc2c1cccc2C(C)(C)C. The van der Waals surface area contributed by atoms with Crippen molar-refractivity contribution < 1.29 is 9.53 Å². The van der Waals surface area contributed by atoms with E-state index in [2.05, 4.69) is 20.8 Å². The van der Waals surface area contributed by atoms with Crippen LogP contribution in [0.3, 0.4) is 0 Å². The van der Waals surface area contributed by atoms with E-state index in [0.29, 0.717) is 0 Å². The summed E-state index contributed by atoms with van der Waals surface area (Å²) in [6.45, 7) is 8.26. The number of rotatable bonds is 0. The van der Waals surface area contributed by atoms with Crippen molar-refractivity contribution in [1.82, 2.24) is 0 Å². The highest BCUT2D eigenvalue weighted by Crippen LogP contribution is 2.41. The molecule has 1 atom stereocenters. The summed E-state index contributed by atoms with van der Waals surface area (Å²) in [5.74, 6) is 0.520. The van der Waals surface area contributed by atoms with Crippen molar-refractivity contribution in [1.29, 1.82) is 0 Å². The van der Waals surface area contributed by atoms with Gasteiger partial charge in [0, 0.05) is 11.1 Å². The molecule has 0 radical (unpaired) electrons. The molecule has 1 aliphatic rings. The minimum Gasteiger partial charge on any atom is -0.425 e. The van der Waals surface area contributed by atoms with E-state index >= 15 is 0 Å². The van der Waals surface area contributed by atoms with E-state index in [9.17, 15) is 4.79 Å². The molecule has 1 aromatic carbocycles. The smallest absolute Gasteiger partial charge is 0.318 e. The molecule has 1 heterocycles. The molecule has 0 amide bonds. The topological polar surface area (TPSA) is 26.3 Å². The van der Waals surface area contributed by atoms with Crippen molar-refractivity contribution >= 4 is 5.97 Å². The maximum atomic E-state index is 11.5. The van der Waals surface area contributed by atoms with Gasteiger partial charge in [0.1, 0.15) is 5.75 Å². The van der Waals surface area contributed by atoms with Gasteiger partial charge in [-0.25, -0.2) is 0 Å². The van der Waals surface area contributed by atoms with Gasteiger partial charge in [0.2, 0.25) is 0 Å². The van der Waals surface area contributed by atoms with E-state index in [0.717, 1.165) is 16.9 Å². The van der Waals surface area contributed by atoms with Crippen LogP contribution in [-0.4, -0.2) is 5.97 Å². The summed E-state index contributed by atoms with van der Waals surface area (Å²) in [6, 6.07) is 6.00. The third kappa shape index (κ3) is 1.54. The predicted octanol–water partition coefficient (Wildman–Crippen LogP) is 3.01. The van der Waals surface area contributed by atoms with Crippen LogP contribution in [0.2, 0.25) is 0 Å². The molecule has 0 spiro atoms. The number of ether oxygens (including phenoxy) is 1. The third-order valence-electron chi connectivity index (χ3n) is 2.88. The van der Waals surface area contributed by atoms with Gasteiger partial charge in [-0.15, -0.1) is 0 Å². The molecule has 0 N–H and O–H groups in total. The molecule has 2 rings (SSSR count). The van der Waals surface area contributed by atoms with Gasteiger partial charge in [0.05, 0.1) is 5.92 Å². The molecule has 80 valence electrons. The number of esters is 1. The fraction of sp³-hybridized carbons (Fsp3) is 0.462. The second kappa shape index (κ2) is 3.09. The fourth-order valence-corrected chi connectivity index (χ4v) is 1.92. The van der Waals surface area contributed by atoms with Gasteiger partial charge in [-0.2, -0.15) is 0 Å². The first-order valence-corrected chi connectivity index (χ1v) is 5.26. The molecule has 0 aromatic heterocycles. The van der Waals surface area contributed by atoms with Gasteiger partial charge < -0.3 is 4.74 Å². The predicted molar refractivity (Wildman–Crippen MR) is 59.2 cm³/mol. The Kier molecular flexibility index (Phi) is 2.10. The van der Waals surface area contributed by atoms with Crippen molar-refractivity contribution in [2.24, 2.45) is 0 Å². The van der Waals surface area contributed by atoms with Crippen molar-refractivity contribution in [3.05, 3.63) is 29.3 Å². The quantitative estimate of drug-likeness (QED) is 0.479. The zero-order valence-electron chi connectivity index (χ0n) is 9.63. The molecular weight excluding hydrogens is 188 g/mol. The Hall–Kier alpha value is -1.31. The summed E-state index contributed by atoms with van der Waals surface area (Å²) in [7, 11) is 0. The minimum atomic E-state index is -0.137. The fourth-order valence-electron chi connectivity index (χ4n) is 1.92. The van der Waals surface area contributed by atoms with E-state index < -0.39 is 0 Å². The van der Waals surface area contributed by atoms with Gasteiger partial charge in [0.25, 0.3) is 0 Å². The lowest BCUT2D eigenvalue weighted by molar-refractivity contribution is -0.133. The second-order valence-corrected chi connectivity index (χ2v) is 5.12. The van der Waals surface area contributed by atoms with Gasteiger partial charge in [-0.1, -0.05) is 39.0 Å². The molecule has 0 saturated carbocycles. The van der Waals surface area contributed by atoms with Crippen LogP contribution in [0.5, 0.6) is 5.75 Å². The maximum Gasteiger partial charge on any atom is 0.318 e. The first-order chi connectivity index (χ1) is 6.91. The molecular formula is C13H16O2. The number of fused-ring (bicyclic) bond motifs is 1. The molecule has 1 aromatic rings. The highest BCUT2D eigenvalue weighted by molar-refractivity contribution is 5.86. The largest absolute Gasteiger partial charge is 0.425 e. The normalized spacial score (nSPS) is 20.0. The number of carbonyl (C=O) groups excluding carboxylic acids is 1. The summed E-state index contributed by atoms with van der Waals surface area (Å²) >= 11 is 0. The van der Waals surface area contributed by atoms with E-state index in [4.69, 9.17) is 4.74 Å². The van der Waals surface area contributed by atoms with Crippen LogP contribution < -0.4 is 4.74 Å². The van der Waals surface area contributed by atoms with Gasteiger partial charge >= 0.3 is 5.97 Å². The summed E-state index contributed by atoms with van der Waals surface area (Å²) in [5, 5.41) is 0. The molecule has 0 fully saturated rings. The summed E-state index contributed by atoms with van der Waals surface area (Å²) in [5.41, 5.74) is 2.14. The Morgan fingerprint density at radius 2 is 1.93 bits per heavy atom. The summed E-state index contributed by atoms with van der Waals surface area (Å²) < 4.78 is 5.34. The van der Waals surface area contributed by atoms with E-state index in [-0.39, 0.29) is 17.3 Å². The Bertz CT molecular complexity index is 413. The van der Waals surface area contributed by atoms with Crippen molar-refractivity contribution in [3.63, 3.8) is 0 Å². The molecule has 15 heavy (non-hydrogen) atoms. The highest BCUT2D eigenvalue weighted by Gasteiger charge is 2.33. The van der Waals surface area contributed by atoms with Crippen molar-refractivity contribution in [2.75, 3.05) is 0 Å². The van der Waals surface area contributed by atoms with Gasteiger partial charge in [-0.05, 0) is 12.3 Å². The second-order valence-electron chi connectivity index (χ2n) is 5.12. The number of hydrogen-bond donors (Lipinski definition) is 0. The van der Waals surface area contributed by atoms with Gasteiger partial charge in [0.15, 0.2) is 0 Å². The molecule has 0 bridgehead atoms. The summed E-state index contributed by atoms with van der Waals surface area (Å²) in [4.78, 5) is 11.5. The van der Waals surface area contributed by atoms with Crippen LogP contribution in [-0.2, 0) is 10.2 Å². The van der Waals surface area contributed by atoms with Crippen LogP contribution in [0.25, 0.3) is 0 Å². The highest BCUT2D eigenvalue weighted by atomic mass is 16.5. The molecule has 1 unspecified atom stereocenters. The third-order valence-corrected chi connectivity index (χ3v) is 2.88. The lowest BCUT2D eigenvalue weighted by Gasteiger charge is -2.21. The zero-order chi connectivity index (χ0) is 11.2. The van der Waals surface area contributed by atoms with Crippen molar-refractivity contribution in [2.45, 2.75) is 39.0 Å². The maximum absolute atomic E-state index is 11.5. The van der Waals surface area contributed by atoms with Crippen LogP contribution in [0.1, 0.15) is 44.7 Å². The molecule has 2 heteroatoms. The molecule has 0 aliphatic carbocycles. The van der Waals surface area contributed by atoms with E-state index in [1.807, 2.05) is 25.1 Å². The monoisotopic (exact) mass is 204 g/mol. The van der Waals surface area contributed by atoms with Crippen molar-refractivity contribution in [3.8, 4) is 5.75 Å². The number of benzene rings is 1. The first-order valence-electron chi connectivity index (χ1n) is 5.26. The Labute approximate surface area is 90.3 Å². The van der Waals surface area contributed by atoms with E-state index in [1.165, 1.54) is 0 Å². The van der Waals surface area contributed by atoms with Crippen LogP contribution in [0.15, 0.2) is 18.2 Å². The first kappa shape index (κ1) is 10.2. The average molecular weight is 204 g/mol. The molecule has 2 nitrogen and oxygen atoms in total. The standard InChI is InChI=1S/C13H16O2/c1-8-9-6-5-7-10(13(2,3)4)11(9)15-12(8)14/h5-8H,1-4H3. The number of carbonyl (C=O) groups is 1. The van der Waals surface area contributed by atoms with Gasteiger partial charge in [-0.3, -0.25) is 4.79 Å². The molecule has 0 saturated heterocycles. The lowest BCUT2D eigenvalue weighted by Crippen LogP contribution is -2.13. The molecule has 1 aliphatic heterocycles. The summed E-state index contributed by atoms with van der Waals surface area (Å²) in [6.07, 6.45) is 0. The minimum absolute atomic E-state index is 0.00961. The van der Waals surface area contributed by atoms with Crippen LogP contribution in [0.4, 0.5) is 0 Å². The Morgan fingerprint density at radius 3 is 2.53 bits per heavy atom. The number of para-hydroxylation sites is 1. The number of hydrogen-bond acceptors (Lipinski definition) is 2. The average Bonchev–Trinajstić information content (AvgIpc) is 2.41. The van der Waals surface area contributed by atoms with Crippen LogP contribution in [0, 0.1) is 0 Å². The zero-order valence-corrected chi connectivity index (χ0v) is 9.63.